The maximum absolute atomic E-state index is 12.3. The van der Waals surface area contributed by atoms with Gasteiger partial charge in [0.25, 0.3) is 5.91 Å². The zero-order chi connectivity index (χ0) is 17.5. The topological polar surface area (TPSA) is 67.8 Å². The van der Waals surface area contributed by atoms with Gasteiger partial charge in [-0.05, 0) is 43.2 Å². The minimum atomic E-state index is -0.161. The summed E-state index contributed by atoms with van der Waals surface area (Å²) in [6.45, 7) is 2.35. The summed E-state index contributed by atoms with van der Waals surface area (Å²) >= 11 is 0. The summed E-state index contributed by atoms with van der Waals surface area (Å²) in [5, 5.41) is 12.3. The molecule has 0 atom stereocenters. The molecule has 2 N–H and O–H groups in total. The Bertz CT molecular complexity index is 713. The number of aliphatic hydroxyl groups excluding tert-OH is 1. The van der Waals surface area contributed by atoms with Gasteiger partial charge in [0.1, 0.15) is 11.5 Å². The summed E-state index contributed by atoms with van der Waals surface area (Å²) in [5.74, 6) is 1.06. The van der Waals surface area contributed by atoms with Crippen molar-refractivity contribution >= 4 is 5.91 Å². The maximum Gasteiger partial charge on any atom is 0.255 e. The Balaban J connectivity index is 1.99. The molecule has 0 spiro atoms. The molecule has 2 rings (SSSR count). The number of benzene rings is 2. The van der Waals surface area contributed by atoms with Crippen LogP contribution in [-0.2, 0) is 13.0 Å². The van der Waals surface area contributed by atoms with Crippen LogP contribution in [0.1, 0.15) is 27.0 Å². The highest BCUT2D eigenvalue weighted by molar-refractivity contribution is 5.97. The van der Waals surface area contributed by atoms with Gasteiger partial charge in [0.05, 0.1) is 26.4 Å². The highest BCUT2D eigenvalue weighted by Gasteiger charge is 2.12. The highest BCUT2D eigenvalue weighted by Crippen LogP contribution is 2.21. The number of methoxy groups -OCH3 is 2. The number of carbonyl (C=O) groups excluding carboxylic acids is 1. The minimum Gasteiger partial charge on any atom is -0.496 e. The molecule has 0 unspecified atom stereocenters. The standard InChI is InChI=1S/C19H23NO4/c1-13-4-6-18(24-3)16(10-13)19(22)20-9-8-14-5-7-17(23-2)15(11-14)12-21/h4-7,10-11,21H,8-9,12H2,1-3H3,(H,20,22). The van der Waals surface area contributed by atoms with Gasteiger partial charge in [-0.2, -0.15) is 0 Å². The van der Waals surface area contributed by atoms with E-state index in [0.717, 1.165) is 16.7 Å². The Hall–Kier alpha value is -2.53. The molecular formula is C19H23NO4. The van der Waals surface area contributed by atoms with Gasteiger partial charge in [0.15, 0.2) is 0 Å². The summed E-state index contributed by atoms with van der Waals surface area (Å²) in [7, 11) is 3.12. The molecule has 0 aliphatic carbocycles. The monoisotopic (exact) mass is 329 g/mol. The van der Waals surface area contributed by atoms with Crippen LogP contribution in [0.5, 0.6) is 11.5 Å². The van der Waals surface area contributed by atoms with Crippen LogP contribution in [0.3, 0.4) is 0 Å². The molecule has 0 saturated heterocycles. The van der Waals surface area contributed by atoms with Crippen LogP contribution < -0.4 is 14.8 Å². The number of hydrogen-bond donors (Lipinski definition) is 2. The molecule has 0 aromatic heterocycles. The predicted octanol–water partition coefficient (Wildman–Crippen LogP) is 2.48. The molecule has 5 heteroatoms. The normalized spacial score (nSPS) is 10.3. The second-order valence-electron chi connectivity index (χ2n) is 5.51. The molecule has 5 nitrogen and oxygen atoms in total. The van der Waals surface area contributed by atoms with Crippen LogP contribution in [0.15, 0.2) is 36.4 Å². The number of nitrogens with one attached hydrogen (secondary N) is 1. The minimum absolute atomic E-state index is 0.0795. The zero-order valence-corrected chi connectivity index (χ0v) is 14.3. The quantitative estimate of drug-likeness (QED) is 0.819. The van der Waals surface area contributed by atoms with Gasteiger partial charge < -0.3 is 19.9 Å². The van der Waals surface area contributed by atoms with Crippen molar-refractivity contribution in [1.29, 1.82) is 0 Å². The lowest BCUT2D eigenvalue weighted by Gasteiger charge is -2.11. The largest absolute Gasteiger partial charge is 0.496 e. The summed E-state index contributed by atoms with van der Waals surface area (Å²) in [4.78, 5) is 12.3. The molecule has 0 bridgehead atoms. The van der Waals surface area contributed by atoms with Crippen molar-refractivity contribution in [2.24, 2.45) is 0 Å². The molecule has 2 aromatic rings. The predicted molar refractivity (Wildman–Crippen MR) is 92.7 cm³/mol. The third-order valence-corrected chi connectivity index (χ3v) is 3.81. The summed E-state index contributed by atoms with van der Waals surface area (Å²) in [6, 6.07) is 11.2. The molecule has 0 aliphatic rings. The number of hydrogen-bond acceptors (Lipinski definition) is 4. The Morgan fingerprint density at radius 3 is 2.46 bits per heavy atom. The number of ether oxygens (including phenoxy) is 2. The second kappa shape index (κ2) is 8.36. The van der Waals surface area contributed by atoms with Crippen molar-refractivity contribution in [3.8, 4) is 11.5 Å². The molecule has 1 amide bonds. The first-order chi connectivity index (χ1) is 11.6. The third kappa shape index (κ3) is 4.26. The van der Waals surface area contributed by atoms with Crippen LogP contribution in [0.4, 0.5) is 0 Å². The Morgan fingerprint density at radius 2 is 1.79 bits per heavy atom. The van der Waals surface area contributed by atoms with Gasteiger partial charge in [-0.25, -0.2) is 0 Å². The van der Waals surface area contributed by atoms with Crippen molar-refractivity contribution in [3.63, 3.8) is 0 Å². The van der Waals surface area contributed by atoms with Crippen molar-refractivity contribution in [3.05, 3.63) is 58.7 Å². The lowest BCUT2D eigenvalue weighted by Crippen LogP contribution is -2.26. The molecule has 24 heavy (non-hydrogen) atoms. The van der Waals surface area contributed by atoms with E-state index in [2.05, 4.69) is 5.32 Å². The van der Waals surface area contributed by atoms with E-state index in [1.165, 1.54) is 0 Å². The lowest BCUT2D eigenvalue weighted by molar-refractivity contribution is 0.0951. The van der Waals surface area contributed by atoms with E-state index in [1.807, 2.05) is 37.3 Å². The first-order valence-electron chi connectivity index (χ1n) is 7.78. The molecule has 0 aliphatic heterocycles. The number of rotatable bonds is 7. The average molecular weight is 329 g/mol. The van der Waals surface area contributed by atoms with Crippen LogP contribution in [0.25, 0.3) is 0 Å². The summed E-state index contributed by atoms with van der Waals surface area (Å²) in [6.07, 6.45) is 0.664. The van der Waals surface area contributed by atoms with Crippen molar-refractivity contribution in [2.75, 3.05) is 20.8 Å². The molecule has 0 saturated carbocycles. The maximum atomic E-state index is 12.3. The van der Waals surface area contributed by atoms with Gasteiger partial charge in [0, 0.05) is 12.1 Å². The van der Waals surface area contributed by atoms with E-state index in [4.69, 9.17) is 9.47 Å². The van der Waals surface area contributed by atoms with Crippen LogP contribution in [0, 0.1) is 6.92 Å². The fraction of sp³-hybridized carbons (Fsp3) is 0.316. The van der Waals surface area contributed by atoms with E-state index in [9.17, 15) is 9.90 Å². The second-order valence-corrected chi connectivity index (χ2v) is 5.51. The number of aliphatic hydroxyl groups is 1. The Morgan fingerprint density at radius 1 is 1.08 bits per heavy atom. The van der Waals surface area contributed by atoms with E-state index < -0.39 is 0 Å². The number of carbonyl (C=O) groups is 1. The van der Waals surface area contributed by atoms with E-state index >= 15 is 0 Å². The van der Waals surface area contributed by atoms with Gasteiger partial charge in [-0.15, -0.1) is 0 Å². The molecule has 128 valence electrons. The third-order valence-electron chi connectivity index (χ3n) is 3.81. The van der Waals surface area contributed by atoms with E-state index in [1.54, 1.807) is 20.3 Å². The van der Waals surface area contributed by atoms with Crippen LogP contribution in [0.2, 0.25) is 0 Å². The SMILES string of the molecule is COc1ccc(CCNC(=O)c2cc(C)ccc2OC)cc1CO. The molecule has 0 radical (unpaired) electrons. The Labute approximate surface area is 142 Å². The summed E-state index contributed by atoms with van der Waals surface area (Å²) in [5.41, 5.74) is 3.30. The van der Waals surface area contributed by atoms with E-state index in [0.29, 0.717) is 30.0 Å². The smallest absolute Gasteiger partial charge is 0.255 e. The van der Waals surface area contributed by atoms with Gasteiger partial charge in [0.2, 0.25) is 0 Å². The molecular weight excluding hydrogens is 306 g/mol. The molecule has 2 aromatic carbocycles. The number of amides is 1. The highest BCUT2D eigenvalue weighted by atomic mass is 16.5. The fourth-order valence-electron chi connectivity index (χ4n) is 2.53. The fourth-order valence-corrected chi connectivity index (χ4v) is 2.53. The first kappa shape index (κ1) is 17.8. The Kier molecular flexibility index (Phi) is 6.21. The van der Waals surface area contributed by atoms with Gasteiger partial charge >= 0.3 is 0 Å². The van der Waals surface area contributed by atoms with Crippen LogP contribution >= 0.6 is 0 Å². The lowest BCUT2D eigenvalue weighted by atomic mass is 10.1. The van der Waals surface area contributed by atoms with Crippen molar-refractivity contribution < 1.29 is 19.4 Å². The van der Waals surface area contributed by atoms with Crippen molar-refractivity contribution in [1.82, 2.24) is 5.32 Å². The van der Waals surface area contributed by atoms with Crippen molar-refractivity contribution in [2.45, 2.75) is 20.0 Å². The van der Waals surface area contributed by atoms with Gasteiger partial charge in [-0.3, -0.25) is 4.79 Å². The molecule has 0 heterocycles. The molecule has 0 fully saturated rings. The van der Waals surface area contributed by atoms with Gasteiger partial charge in [-0.1, -0.05) is 17.7 Å². The van der Waals surface area contributed by atoms with Crippen LogP contribution in [-0.4, -0.2) is 31.8 Å². The van der Waals surface area contributed by atoms with E-state index in [-0.39, 0.29) is 12.5 Å². The number of aryl methyl sites for hydroxylation is 1. The first-order valence-corrected chi connectivity index (χ1v) is 7.78. The average Bonchev–Trinajstić information content (AvgIpc) is 2.61. The summed E-state index contributed by atoms with van der Waals surface area (Å²) < 4.78 is 10.4. The zero-order valence-electron chi connectivity index (χ0n) is 14.3.